The molecule has 0 unspecified atom stereocenters. The molecule has 1 fully saturated rings. The topological polar surface area (TPSA) is 81.1 Å². The summed E-state index contributed by atoms with van der Waals surface area (Å²) in [6.07, 6.45) is 5.83. The highest BCUT2D eigenvalue weighted by atomic mass is 32.2. The number of sulfonamides is 1. The van der Waals surface area contributed by atoms with Gasteiger partial charge < -0.3 is 0 Å². The highest BCUT2D eigenvalue weighted by Gasteiger charge is 2.21. The number of rotatable bonds is 5. The molecule has 0 radical (unpaired) electrons. The van der Waals surface area contributed by atoms with E-state index >= 15 is 0 Å². The van der Waals surface area contributed by atoms with Crippen molar-refractivity contribution in [3.63, 3.8) is 0 Å². The highest BCUT2D eigenvalue weighted by Crippen LogP contribution is 2.28. The predicted octanol–water partition coefficient (Wildman–Crippen LogP) is 2.37. The summed E-state index contributed by atoms with van der Waals surface area (Å²) < 4.78 is 29.2. The third-order valence-electron chi connectivity index (χ3n) is 4.38. The van der Waals surface area contributed by atoms with E-state index in [0.29, 0.717) is 23.7 Å². The zero-order chi connectivity index (χ0) is 17.2. The quantitative estimate of drug-likeness (QED) is 0.880. The number of hydrogen-bond donors (Lipinski definition) is 1. The number of nitrogens with one attached hydrogen (secondary N) is 1. The van der Waals surface area contributed by atoms with Gasteiger partial charge in [-0.25, -0.2) is 17.8 Å². The van der Waals surface area contributed by atoms with Crippen LogP contribution in [0.5, 0.6) is 0 Å². The van der Waals surface area contributed by atoms with Crippen molar-refractivity contribution >= 4 is 21.4 Å². The molecule has 2 aromatic rings. The molecule has 0 bridgehead atoms. The van der Waals surface area contributed by atoms with Gasteiger partial charge in [0.15, 0.2) is 0 Å². The first-order valence-corrected chi connectivity index (χ1v) is 10.4. The Labute approximate surface area is 145 Å². The van der Waals surface area contributed by atoms with E-state index in [1.54, 1.807) is 24.6 Å². The Balaban J connectivity index is 1.73. The molecule has 0 atom stereocenters. The van der Waals surface area contributed by atoms with Crippen molar-refractivity contribution in [1.29, 1.82) is 0 Å². The number of aryl methyl sites for hydroxylation is 1. The van der Waals surface area contributed by atoms with Gasteiger partial charge in [-0.3, -0.25) is 4.79 Å². The summed E-state index contributed by atoms with van der Waals surface area (Å²) in [6.45, 7) is 0.508. The predicted molar refractivity (Wildman–Crippen MR) is 94.6 cm³/mol. The first kappa shape index (κ1) is 17.3. The van der Waals surface area contributed by atoms with Crippen LogP contribution in [0.2, 0.25) is 0 Å². The second-order valence-corrected chi connectivity index (χ2v) is 9.10. The third kappa shape index (κ3) is 3.93. The summed E-state index contributed by atoms with van der Waals surface area (Å²) >= 11 is 1.17. The molecule has 0 aliphatic heterocycles. The molecule has 1 aliphatic carbocycles. The Bertz CT molecular complexity index is 865. The fraction of sp³-hybridized carbons (Fsp3) is 0.500. The van der Waals surface area contributed by atoms with Crippen molar-refractivity contribution < 1.29 is 8.42 Å². The summed E-state index contributed by atoms with van der Waals surface area (Å²) in [5, 5.41) is 5.91. The Morgan fingerprint density at radius 3 is 2.75 bits per heavy atom. The molecule has 2 aromatic heterocycles. The monoisotopic (exact) mass is 367 g/mol. The van der Waals surface area contributed by atoms with Gasteiger partial charge >= 0.3 is 0 Å². The van der Waals surface area contributed by atoms with Crippen LogP contribution in [0.4, 0.5) is 0 Å². The fourth-order valence-electron chi connectivity index (χ4n) is 2.94. The molecule has 0 spiro atoms. The molecule has 3 rings (SSSR count). The minimum absolute atomic E-state index is 0.198. The van der Waals surface area contributed by atoms with Crippen LogP contribution in [0, 0.1) is 5.92 Å². The average molecular weight is 367 g/mol. The smallest absolute Gasteiger partial charge is 0.266 e. The highest BCUT2D eigenvalue weighted by molar-refractivity contribution is 7.91. The lowest BCUT2D eigenvalue weighted by molar-refractivity contribution is 0.357. The van der Waals surface area contributed by atoms with Crippen molar-refractivity contribution in [2.24, 2.45) is 13.0 Å². The molecule has 24 heavy (non-hydrogen) atoms. The fourth-order valence-corrected chi connectivity index (χ4v) is 5.27. The molecule has 1 saturated carbocycles. The van der Waals surface area contributed by atoms with Crippen molar-refractivity contribution in [1.82, 2.24) is 14.5 Å². The molecule has 1 N–H and O–H groups in total. The second kappa shape index (κ2) is 7.16. The summed E-state index contributed by atoms with van der Waals surface area (Å²) in [4.78, 5) is 11.4. The van der Waals surface area contributed by atoms with E-state index < -0.39 is 10.0 Å². The molecule has 0 saturated heterocycles. The van der Waals surface area contributed by atoms with Crippen molar-refractivity contribution in [2.45, 2.75) is 36.3 Å². The zero-order valence-electron chi connectivity index (χ0n) is 13.6. The van der Waals surface area contributed by atoms with Crippen molar-refractivity contribution in [3.05, 3.63) is 33.9 Å². The first-order chi connectivity index (χ1) is 11.5. The van der Waals surface area contributed by atoms with Gasteiger partial charge in [-0.2, -0.15) is 5.10 Å². The van der Waals surface area contributed by atoms with Crippen LogP contribution in [0.1, 0.15) is 32.1 Å². The Morgan fingerprint density at radius 2 is 2.04 bits per heavy atom. The maximum absolute atomic E-state index is 12.5. The lowest BCUT2D eigenvalue weighted by Crippen LogP contribution is -2.29. The lowest BCUT2D eigenvalue weighted by atomic mass is 9.90. The van der Waals surface area contributed by atoms with E-state index in [9.17, 15) is 13.2 Å². The van der Waals surface area contributed by atoms with Crippen LogP contribution in [0.15, 0.2) is 32.6 Å². The van der Waals surface area contributed by atoms with Crippen LogP contribution in [-0.4, -0.2) is 24.7 Å². The van der Waals surface area contributed by atoms with Crippen LogP contribution < -0.4 is 10.3 Å². The summed E-state index contributed by atoms with van der Waals surface area (Å²) in [5.41, 5.74) is 1.09. The van der Waals surface area contributed by atoms with Crippen LogP contribution in [0.3, 0.4) is 0 Å². The molecule has 8 heteroatoms. The zero-order valence-corrected chi connectivity index (χ0v) is 15.2. The maximum atomic E-state index is 12.5. The lowest BCUT2D eigenvalue weighted by Gasteiger charge is -2.21. The third-order valence-corrected chi connectivity index (χ3v) is 7.25. The second-order valence-electron chi connectivity index (χ2n) is 6.19. The van der Waals surface area contributed by atoms with Gasteiger partial charge in [0.25, 0.3) is 5.56 Å². The van der Waals surface area contributed by atoms with Gasteiger partial charge in [0.1, 0.15) is 4.21 Å². The maximum Gasteiger partial charge on any atom is 0.266 e. The van der Waals surface area contributed by atoms with E-state index in [0.717, 1.165) is 12.8 Å². The molecule has 6 nitrogen and oxygen atoms in total. The normalized spacial score (nSPS) is 16.4. The molecule has 0 amide bonds. The summed E-state index contributed by atoms with van der Waals surface area (Å²) in [5.74, 6) is 0.443. The molecule has 1 aliphatic rings. The van der Waals surface area contributed by atoms with E-state index in [2.05, 4.69) is 9.82 Å². The van der Waals surface area contributed by atoms with E-state index in [1.165, 1.54) is 41.3 Å². The van der Waals surface area contributed by atoms with Crippen LogP contribution in [-0.2, 0) is 17.1 Å². The Kier molecular flexibility index (Phi) is 5.17. The Hall–Kier alpha value is -1.51. The average Bonchev–Trinajstić information content (AvgIpc) is 3.08. The Morgan fingerprint density at radius 1 is 1.29 bits per heavy atom. The van der Waals surface area contributed by atoms with E-state index in [-0.39, 0.29) is 9.77 Å². The molecule has 0 aromatic carbocycles. The van der Waals surface area contributed by atoms with Gasteiger partial charge in [-0.15, -0.1) is 11.3 Å². The number of aromatic nitrogens is 2. The molecule has 130 valence electrons. The van der Waals surface area contributed by atoms with Crippen LogP contribution >= 0.6 is 11.3 Å². The van der Waals surface area contributed by atoms with Gasteiger partial charge in [0.2, 0.25) is 10.0 Å². The summed E-state index contributed by atoms with van der Waals surface area (Å²) in [6, 6.07) is 4.65. The largest absolute Gasteiger partial charge is 0.268 e. The van der Waals surface area contributed by atoms with Gasteiger partial charge in [0.05, 0.1) is 5.69 Å². The summed E-state index contributed by atoms with van der Waals surface area (Å²) in [7, 11) is -1.92. The van der Waals surface area contributed by atoms with Gasteiger partial charge in [-0.05, 0) is 30.9 Å². The standard InChI is InChI=1S/C16H21N3O3S2/c1-19-15(20)8-7-14(18-19)13-9-16(23-11-13)24(21,22)17-10-12-5-3-2-4-6-12/h7-9,11-12,17H,2-6,10H2,1H3. The van der Waals surface area contributed by atoms with Gasteiger partial charge in [-0.1, -0.05) is 19.3 Å². The van der Waals surface area contributed by atoms with Crippen molar-refractivity contribution in [2.75, 3.05) is 6.54 Å². The first-order valence-electron chi connectivity index (χ1n) is 8.08. The van der Waals surface area contributed by atoms with Crippen LogP contribution in [0.25, 0.3) is 11.3 Å². The van der Waals surface area contributed by atoms with Gasteiger partial charge in [0, 0.05) is 30.6 Å². The molecular weight excluding hydrogens is 346 g/mol. The minimum atomic E-state index is -3.49. The number of nitrogens with zero attached hydrogens (tertiary/aromatic N) is 2. The van der Waals surface area contributed by atoms with E-state index in [1.807, 2.05) is 0 Å². The number of thiophene rings is 1. The van der Waals surface area contributed by atoms with E-state index in [4.69, 9.17) is 0 Å². The minimum Gasteiger partial charge on any atom is -0.268 e. The molecule has 2 heterocycles. The van der Waals surface area contributed by atoms with Crippen molar-refractivity contribution in [3.8, 4) is 11.3 Å². The number of hydrogen-bond acceptors (Lipinski definition) is 5. The SMILES string of the molecule is Cn1nc(-c2csc(S(=O)(=O)NCC3CCCCC3)c2)ccc1=O. The molecular formula is C16H21N3O3S2.